The van der Waals surface area contributed by atoms with Crippen LogP contribution in [0.5, 0.6) is 0 Å². The highest BCUT2D eigenvalue weighted by Crippen LogP contribution is 2.46. The van der Waals surface area contributed by atoms with Crippen molar-refractivity contribution in [3.63, 3.8) is 0 Å². The molecule has 1 aliphatic heterocycles. The summed E-state index contributed by atoms with van der Waals surface area (Å²) in [6.45, 7) is 1.71. The molecule has 4 rings (SSSR count). The summed E-state index contributed by atoms with van der Waals surface area (Å²) in [4.78, 5) is 17.5. The number of benzene rings is 2. The fourth-order valence-corrected chi connectivity index (χ4v) is 4.09. The molecule has 1 aromatic heterocycles. The molecule has 7 heteroatoms. The van der Waals surface area contributed by atoms with Crippen molar-refractivity contribution in [1.82, 2.24) is 9.55 Å². The SMILES string of the molecule is C[C@@]1(CSC(F)(F)F)c2ccccc2-n2c1nc1ccccc1c2=O. The van der Waals surface area contributed by atoms with Crippen molar-refractivity contribution in [3.05, 3.63) is 70.3 Å². The Hall–Kier alpha value is -2.28. The van der Waals surface area contributed by atoms with Crippen LogP contribution in [0.3, 0.4) is 0 Å². The van der Waals surface area contributed by atoms with Crippen LogP contribution in [0.2, 0.25) is 0 Å². The molecule has 0 amide bonds. The molecule has 0 spiro atoms. The first-order valence-corrected chi connectivity index (χ1v) is 8.63. The van der Waals surface area contributed by atoms with Gasteiger partial charge in [0.2, 0.25) is 0 Å². The predicted molar refractivity (Wildman–Crippen MR) is 92.3 cm³/mol. The minimum absolute atomic E-state index is 0.0873. The molecule has 1 aliphatic rings. The maximum Gasteiger partial charge on any atom is 0.441 e. The Morgan fingerprint density at radius 2 is 1.80 bits per heavy atom. The summed E-state index contributed by atoms with van der Waals surface area (Å²) in [6, 6.07) is 14.0. The van der Waals surface area contributed by atoms with E-state index in [1.807, 2.05) is 0 Å². The Bertz CT molecular complexity index is 1040. The Morgan fingerprint density at radius 1 is 1.12 bits per heavy atom. The first-order valence-electron chi connectivity index (χ1n) is 7.64. The van der Waals surface area contributed by atoms with Gasteiger partial charge >= 0.3 is 5.51 Å². The number of rotatable bonds is 2. The third-order valence-corrected chi connectivity index (χ3v) is 5.58. The van der Waals surface area contributed by atoms with Crippen LogP contribution in [0.1, 0.15) is 18.3 Å². The van der Waals surface area contributed by atoms with E-state index in [1.165, 1.54) is 4.57 Å². The lowest BCUT2D eigenvalue weighted by Crippen LogP contribution is -2.30. The summed E-state index contributed by atoms with van der Waals surface area (Å²) in [5.41, 5.74) is -3.82. The Balaban J connectivity index is 2.02. The molecule has 0 N–H and O–H groups in total. The number of hydrogen-bond donors (Lipinski definition) is 0. The maximum absolute atomic E-state index is 13.0. The first kappa shape index (κ1) is 16.2. The van der Waals surface area contributed by atoms with E-state index >= 15 is 0 Å². The van der Waals surface area contributed by atoms with Crippen LogP contribution >= 0.6 is 11.8 Å². The zero-order valence-corrected chi connectivity index (χ0v) is 14.0. The highest BCUT2D eigenvalue weighted by atomic mass is 32.2. The molecule has 2 heterocycles. The Morgan fingerprint density at radius 3 is 2.56 bits per heavy atom. The Kier molecular flexibility index (Phi) is 3.47. The van der Waals surface area contributed by atoms with Crippen molar-refractivity contribution >= 4 is 22.7 Å². The minimum atomic E-state index is -4.34. The van der Waals surface area contributed by atoms with Gasteiger partial charge in [-0.1, -0.05) is 30.3 Å². The van der Waals surface area contributed by atoms with Crippen LogP contribution in [-0.4, -0.2) is 20.8 Å². The average Bonchev–Trinajstić information content (AvgIpc) is 2.83. The average molecular weight is 362 g/mol. The number of halogens is 3. The maximum atomic E-state index is 13.0. The third-order valence-electron chi connectivity index (χ3n) is 4.53. The molecular weight excluding hydrogens is 349 g/mol. The summed E-state index contributed by atoms with van der Waals surface area (Å²) in [5.74, 6) is 0.118. The van der Waals surface area contributed by atoms with E-state index in [4.69, 9.17) is 0 Å². The van der Waals surface area contributed by atoms with Crippen molar-refractivity contribution in [1.29, 1.82) is 0 Å². The molecule has 0 bridgehead atoms. The highest BCUT2D eigenvalue weighted by molar-refractivity contribution is 8.00. The van der Waals surface area contributed by atoms with Crippen molar-refractivity contribution < 1.29 is 13.2 Å². The molecule has 2 aromatic carbocycles. The van der Waals surface area contributed by atoms with Crippen molar-refractivity contribution in [2.24, 2.45) is 0 Å². The zero-order valence-electron chi connectivity index (χ0n) is 13.2. The van der Waals surface area contributed by atoms with Crippen LogP contribution in [-0.2, 0) is 5.41 Å². The van der Waals surface area contributed by atoms with Gasteiger partial charge in [0.15, 0.2) is 0 Å². The summed E-state index contributed by atoms with van der Waals surface area (Å²) in [7, 11) is 0. The van der Waals surface area contributed by atoms with Crippen LogP contribution < -0.4 is 5.56 Å². The van der Waals surface area contributed by atoms with Gasteiger partial charge in [-0.05, 0) is 42.4 Å². The number of para-hydroxylation sites is 2. The van der Waals surface area contributed by atoms with E-state index in [0.717, 1.165) is 0 Å². The number of thioether (sulfide) groups is 1. The van der Waals surface area contributed by atoms with Gasteiger partial charge in [0.05, 0.1) is 22.0 Å². The van der Waals surface area contributed by atoms with Crippen LogP contribution in [0.25, 0.3) is 16.6 Å². The second-order valence-electron chi connectivity index (χ2n) is 6.18. The molecule has 0 saturated heterocycles. The van der Waals surface area contributed by atoms with Crippen molar-refractivity contribution in [2.75, 3.05) is 5.75 Å². The van der Waals surface area contributed by atoms with Gasteiger partial charge in [-0.2, -0.15) is 13.2 Å². The third kappa shape index (κ3) is 2.45. The van der Waals surface area contributed by atoms with Crippen LogP contribution in [0, 0.1) is 0 Å². The number of fused-ring (bicyclic) bond motifs is 4. The quantitative estimate of drug-likeness (QED) is 0.683. The molecule has 3 nitrogen and oxygen atoms in total. The van der Waals surface area contributed by atoms with Crippen molar-refractivity contribution in [2.45, 2.75) is 17.8 Å². The number of alkyl halides is 3. The Labute approximate surface area is 145 Å². The van der Waals surface area contributed by atoms with Gasteiger partial charge in [0.1, 0.15) is 5.82 Å². The van der Waals surface area contributed by atoms with E-state index in [-0.39, 0.29) is 23.1 Å². The lowest BCUT2D eigenvalue weighted by Gasteiger charge is -2.25. The zero-order chi connectivity index (χ0) is 17.8. The lowest BCUT2D eigenvalue weighted by molar-refractivity contribution is -0.0329. The molecule has 0 radical (unpaired) electrons. The minimum Gasteiger partial charge on any atom is -0.268 e. The van der Waals surface area contributed by atoms with Gasteiger partial charge in [-0.25, -0.2) is 4.98 Å². The molecule has 25 heavy (non-hydrogen) atoms. The first-order chi connectivity index (χ1) is 11.8. The van der Waals surface area contributed by atoms with Crippen LogP contribution in [0.15, 0.2) is 53.3 Å². The van der Waals surface area contributed by atoms with E-state index < -0.39 is 10.9 Å². The van der Waals surface area contributed by atoms with E-state index in [0.29, 0.717) is 28.0 Å². The highest BCUT2D eigenvalue weighted by Gasteiger charge is 2.45. The monoisotopic (exact) mass is 362 g/mol. The van der Waals surface area contributed by atoms with Gasteiger partial charge in [0, 0.05) is 5.75 Å². The second-order valence-corrected chi connectivity index (χ2v) is 7.22. The molecular formula is C18H13F3N2OS. The largest absolute Gasteiger partial charge is 0.441 e. The second kappa shape index (κ2) is 5.36. The van der Waals surface area contributed by atoms with E-state index in [9.17, 15) is 18.0 Å². The fourth-order valence-electron chi connectivity index (χ4n) is 3.35. The molecule has 128 valence electrons. The van der Waals surface area contributed by atoms with E-state index in [1.54, 1.807) is 55.5 Å². The predicted octanol–water partition coefficient (Wildman–Crippen LogP) is 4.26. The normalized spacial score (nSPS) is 19.0. The summed E-state index contributed by atoms with van der Waals surface area (Å²) < 4.78 is 40.0. The van der Waals surface area contributed by atoms with Gasteiger partial charge in [0.25, 0.3) is 5.56 Å². The van der Waals surface area contributed by atoms with E-state index in [2.05, 4.69) is 4.98 Å². The van der Waals surface area contributed by atoms with Crippen LogP contribution in [0.4, 0.5) is 13.2 Å². The summed E-state index contributed by atoms with van der Waals surface area (Å²) in [5, 5.41) is 0.453. The number of nitrogens with zero attached hydrogens (tertiary/aromatic N) is 2. The fraction of sp³-hybridized carbons (Fsp3) is 0.222. The molecule has 0 fully saturated rings. The number of aromatic nitrogens is 2. The van der Waals surface area contributed by atoms with Gasteiger partial charge in [-0.3, -0.25) is 9.36 Å². The molecule has 0 aliphatic carbocycles. The molecule has 1 atom stereocenters. The molecule has 0 unspecified atom stereocenters. The van der Waals surface area contributed by atoms with Crippen molar-refractivity contribution in [3.8, 4) is 5.69 Å². The smallest absolute Gasteiger partial charge is 0.268 e. The molecule has 3 aromatic rings. The van der Waals surface area contributed by atoms with Gasteiger partial charge in [-0.15, -0.1) is 0 Å². The standard InChI is InChI=1S/C18H13F3N2OS/c1-17(10-25-18(19,20)21)12-7-3-5-9-14(12)23-15(24)11-6-2-4-8-13(11)22-16(17)23/h2-9H,10H2,1H3/t17-/m1/s1. The van der Waals surface area contributed by atoms with Gasteiger partial charge < -0.3 is 0 Å². The lowest BCUT2D eigenvalue weighted by atomic mass is 9.85. The summed E-state index contributed by atoms with van der Waals surface area (Å²) in [6.07, 6.45) is 0. The summed E-state index contributed by atoms with van der Waals surface area (Å²) >= 11 is -0.0873. The number of hydrogen-bond acceptors (Lipinski definition) is 3. The molecule has 0 saturated carbocycles. The topological polar surface area (TPSA) is 34.9 Å².